The van der Waals surface area contributed by atoms with Gasteiger partial charge in [0.2, 0.25) is 16.0 Å². The summed E-state index contributed by atoms with van der Waals surface area (Å²) < 4.78 is 36.3. The molecule has 3 heterocycles. The molecule has 4 N–H and O–H groups in total. The summed E-state index contributed by atoms with van der Waals surface area (Å²) >= 11 is 6.46. The molecule has 276 valence electrons. The number of hydrogen-bond acceptors (Lipinski definition) is 12. The summed E-state index contributed by atoms with van der Waals surface area (Å²) in [5.74, 6) is 1.55. The summed E-state index contributed by atoms with van der Waals surface area (Å²) in [6, 6.07) is 11.0. The Bertz CT molecular complexity index is 1830. The highest BCUT2D eigenvalue weighted by Gasteiger charge is 2.29. The molecule has 2 amide bonds. The SMILES string of the molecule is COc1cc(N2CCC(CN3CCN(C(=O)[C@H](C)OC(N)=O)CC3)CC2)c(C)cc1Nc1ncc(Cl)c(Nc2ccccc2N(C)S(C)(=O)=O)n1. The van der Waals surface area contributed by atoms with Crippen molar-refractivity contribution in [2.24, 2.45) is 11.7 Å². The molecular formula is C34H46ClN9O6S. The highest BCUT2D eigenvalue weighted by molar-refractivity contribution is 7.92. The minimum atomic E-state index is -3.50. The summed E-state index contributed by atoms with van der Waals surface area (Å²) in [7, 11) is -0.398. The molecule has 2 aliphatic rings. The highest BCUT2D eigenvalue weighted by Crippen LogP contribution is 2.37. The summed E-state index contributed by atoms with van der Waals surface area (Å²) in [5, 5.41) is 6.67. The number of nitrogens with zero attached hydrogens (tertiary/aromatic N) is 6. The summed E-state index contributed by atoms with van der Waals surface area (Å²) in [6.45, 7) is 9.16. The van der Waals surface area contributed by atoms with Gasteiger partial charge in [-0.1, -0.05) is 23.7 Å². The molecule has 0 unspecified atom stereocenters. The van der Waals surface area contributed by atoms with Gasteiger partial charge in [-0.3, -0.25) is 14.0 Å². The number of anilines is 6. The Labute approximate surface area is 304 Å². The quantitative estimate of drug-likeness (QED) is 0.242. The molecule has 1 atom stereocenters. The van der Waals surface area contributed by atoms with Gasteiger partial charge in [-0.25, -0.2) is 18.2 Å². The first-order valence-electron chi connectivity index (χ1n) is 16.7. The van der Waals surface area contributed by atoms with Crippen LogP contribution < -0.4 is 30.3 Å². The molecule has 0 saturated carbocycles. The molecule has 0 spiro atoms. The average Bonchev–Trinajstić information content (AvgIpc) is 3.09. The Kier molecular flexibility index (Phi) is 12.0. The van der Waals surface area contributed by atoms with Crippen molar-refractivity contribution in [1.82, 2.24) is 19.8 Å². The first-order valence-corrected chi connectivity index (χ1v) is 19.0. The van der Waals surface area contributed by atoms with Crippen molar-refractivity contribution < 1.29 is 27.5 Å². The van der Waals surface area contributed by atoms with Crippen LogP contribution in [-0.2, 0) is 19.6 Å². The molecule has 0 radical (unpaired) electrons. The fraction of sp³-hybridized carbons (Fsp3) is 0.471. The number of nitrogens with two attached hydrogens (primary N) is 1. The Hall–Kier alpha value is -4.54. The zero-order valence-electron chi connectivity index (χ0n) is 29.6. The third-order valence-electron chi connectivity index (χ3n) is 9.30. The van der Waals surface area contributed by atoms with Gasteiger partial charge < -0.3 is 35.6 Å². The van der Waals surface area contributed by atoms with E-state index < -0.39 is 22.2 Å². The average molecular weight is 744 g/mol. The third-order valence-corrected chi connectivity index (χ3v) is 10.8. The van der Waals surface area contributed by atoms with Gasteiger partial charge in [-0.2, -0.15) is 4.98 Å². The predicted octanol–water partition coefficient (Wildman–Crippen LogP) is 4.17. The van der Waals surface area contributed by atoms with Crippen molar-refractivity contribution >= 4 is 68.1 Å². The maximum atomic E-state index is 12.6. The van der Waals surface area contributed by atoms with Gasteiger partial charge in [0.05, 0.1) is 36.6 Å². The Morgan fingerprint density at radius 1 is 1.08 bits per heavy atom. The van der Waals surface area contributed by atoms with Crippen LogP contribution in [0.4, 0.5) is 39.3 Å². The molecule has 1 aromatic heterocycles. The van der Waals surface area contributed by atoms with Gasteiger partial charge in [0, 0.05) is 64.6 Å². The number of piperazine rings is 1. The van der Waals surface area contributed by atoms with Crippen LogP contribution in [0.1, 0.15) is 25.3 Å². The Balaban J connectivity index is 1.19. The molecule has 15 nitrogen and oxygen atoms in total. The molecule has 2 aliphatic heterocycles. The minimum absolute atomic E-state index is 0.213. The first-order chi connectivity index (χ1) is 24.2. The topological polar surface area (TPSA) is 176 Å². The van der Waals surface area contributed by atoms with E-state index in [2.05, 4.69) is 37.3 Å². The fourth-order valence-corrected chi connectivity index (χ4v) is 7.09. The van der Waals surface area contributed by atoms with Crippen LogP contribution in [0.2, 0.25) is 5.02 Å². The Morgan fingerprint density at radius 2 is 1.76 bits per heavy atom. The third kappa shape index (κ3) is 9.42. The van der Waals surface area contributed by atoms with Gasteiger partial charge in [-0.05, 0) is 56.4 Å². The molecule has 2 fully saturated rings. The predicted molar refractivity (Wildman–Crippen MR) is 199 cm³/mol. The monoisotopic (exact) mass is 743 g/mol. The van der Waals surface area contributed by atoms with Crippen molar-refractivity contribution in [2.75, 3.05) is 86.1 Å². The second-order valence-electron chi connectivity index (χ2n) is 12.9. The number of nitrogens with one attached hydrogen (secondary N) is 2. The minimum Gasteiger partial charge on any atom is -0.494 e. The largest absolute Gasteiger partial charge is 0.494 e. The second kappa shape index (κ2) is 16.2. The second-order valence-corrected chi connectivity index (χ2v) is 15.3. The zero-order chi connectivity index (χ0) is 36.9. The van der Waals surface area contributed by atoms with Crippen LogP contribution in [-0.4, -0.2) is 113 Å². The van der Waals surface area contributed by atoms with E-state index in [9.17, 15) is 18.0 Å². The lowest BCUT2D eigenvalue weighted by Gasteiger charge is -2.40. The number of piperidine rings is 1. The van der Waals surface area contributed by atoms with Crippen LogP contribution in [0.15, 0.2) is 42.6 Å². The van der Waals surface area contributed by atoms with Crippen molar-refractivity contribution in [3.05, 3.63) is 53.2 Å². The number of sulfonamides is 1. The molecule has 51 heavy (non-hydrogen) atoms. The van der Waals surface area contributed by atoms with Gasteiger partial charge in [0.25, 0.3) is 5.91 Å². The number of amides is 2. The lowest BCUT2D eigenvalue weighted by atomic mass is 9.95. The van der Waals surface area contributed by atoms with E-state index in [1.807, 2.05) is 12.1 Å². The van der Waals surface area contributed by atoms with E-state index >= 15 is 0 Å². The number of ether oxygens (including phenoxy) is 2. The molecular weight excluding hydrogens is 698 g/mol. The molecule has 2 aromatic carbocycles. The van der Waals surface area contributed by atoms with Crippen molar-refractivity contribution in [3.63, 3.8) is 0 Å². The maximum Gasteiger partial charge on any atom is 0.405 e. The van der Waals surface area contributed by atoms with Gasteiger partial charge >= 0.3 is 6.09 Å². The van der Waals surface area contributed by atoms with Gasteiger partial charge in [0.1, 0.15) is 10.8 Å². The van der Waals surface area contributed by atoms with E-state index in [0.29, 0.717) is 47.6 Å². The van der Waals surface area contributed by atoms with E-state index in [0.717, 1.165) is 63.1 Å². The highest BCUT2D eigenvalue weighted by atomic mass is 35.5. The number of carbonyl (C=O) groups is 2. The van der Waals surface area contributed by atoms with Gasteiger partial charge in [-0.15, -0.1) is 0 Å². The number of carbonyl (C=O) groups excluding carboxylic acids is 2. The zero-order valence-corrected chi connectivity index (χ0v) is 31.1. The number of benzene rings is 2. The number of primary amides is 1. The molecule has 17 heteroatoms. The van der Waals surface area contributed by atoms with E-state index in [-0.39, 0.29) is 16.9 Å². The summed E-state index contributed by atoms with van der Waals surface area (Å²) in [6.07, 6.45) is 2.88. The number of para-hydroxylation sites is 2. The van der Waals surface area contributed by atoms with Crippen LogP contribution in [0.3, 0.4) is 0 Å². The lowest BCUT2D eigenvalue weighted by Crippen LogP contribution is -2.53. The normalized spacial score (nSPS) is 16.4. The maximum absolute atomic E-state index is 12.6. The van der Waals surface area contributed by atoms with Crippen LogP contribution in [0, 0.1) is 12.8 Å². The molecule has 2 saturated heterocycles. The van der Waals surface area contributed by atoms with Gasteiger partial charge in [0.15, 0.2) is 11.9 Å². The first kappa shape index (κ1) is 37.7. The van der Waals surface area contributed by atoms with Crippen molar-refractivity contribution in [3.8, 4) is 5.75 Å². The van der Waals surface area contributed by atoms with E-state index in [1.165, 1.54) is 17.5 Å². The van der Waals surface area contributed by atoms with E-state index in [1.54, 1.807) is 43.2 Å². The molecule has 0 bridgehead atoms. The van der Waals surface area contributed by atoms with Crippen LogP contribution in [0.5, 0.6) is 5.75 Å². The number of aromatic nitrogens is 2. The van der Waals surface area contributed by atoms with E-state index in [4.69, 9.17) is 26.8 Å². The summed E-state index contributed by atoms with van der Waals surface area (Å²) in [5.41, 5.74) is 8.87. The fourth-order valence-electron chi connectivity index (χ4n) is 6.43. The van der Waals surface area contributed by atoms with Crippen molar-refractivity contribution in [1.29, 1.82) is 0 Å². The standard InChI is InChI=1S/C34H46ClN9O6S/c1-22-18-27(39-34-37-20-25(35)31(40-34)38-26-8-6-7-9-28(26)41(3)51(5,47)48)30(49-4)19-29(22)43-12-10-24(11-13-43)21-42-14-16-44(17-15-42)32(45)23(2)50-33(36)46/h6-9,18-20,23-24H,10-17,21H2,1-5H3,(H2,36,46)(H2,37,38,39,40)/t23-/m0/s1. The number of rotatable bonds is 12. The lowest BCUT2D eigenvalue weighted by molar-refractivity contribution is -0.141. The van der Waals surface area contributed by atoms with Crippen LogP contribution >= 0.6 is 11.6 Å². The number of halogens is 1. The van der Waals surface area contributed by atoms with Crippen molar-refractivity contribution in [2.45, 2.75) is 32.8 Å². The summed E-state index contributed by atoms with van der Waals surface area (Å²) in [4.78, 5) is 39.0. The van der Waals surface area contributed by atoms with Crippen LogP contribution in [0.25, 0.3) is 0 Å². The Morgan fingerprint density at radius 3 is 2.41 bits per heavy atom. The number of methoxy groups -OCH3 is 1. The molecule has 5 rings (SSSR count). The number of aryl methyl sites for hydroxylation is 1. The molecule has 3 aromatic rings. The smallest absolute Gasteiger partial charge is 0.405 e. The molecule has 0 aliphatic carbocycles. The number of hydrogen-bond donors (Lipinski definition) is 3.